The molecule has 3 nitrogen and oxygen atoms in total. The number of fused-ring (bicyclic) bond motifs is 3. The summed E-state index contributed by atoms with van der Waals surface area (Å²) in [5.41, 5.74) is 3.03. The zero-order valence-electron chi connectivity index (χ0n) is 15.9. The maximum absolute atomic E-state index is 4.92. The number of hydrogen-bond acceptors (Lipinski definition) is 9. The predicted octanol–water partition coefficient (Wildman–Crippen LogP) is 6.60. The van der Waals surface area contributed by atoms with Crippen LogP contribution in [0.1, 0.15) is 0 Å². The number of aromatic nitrogens is 3. The fourth-order valence-corrected chi connectivity index (χ4v) is 5.75. The molecule has 0 radical (unpaired) electrons. The summed E-state index contributed by atoms with van der Waals surface area (Å²) < 4.78 is 5.69. The molecular weight excluding hydrogens is 599 g/mol. The molecule has 150 valence electrons. The molecule has 3 aromatic carbocycles. The van der Waals surface area contributed by atoms with Gasteiger partial charge >= 0.3 is 27.3 Å². The van der Waals surface area contributed by atoms with Crippen molar-refractivity contribution in [2.45, 2.75) is 13.0 Å². The Kier molecular flexibility index (Phi) is 9.25. The molecule has 3 heterocycles. The van der Waals surface area contributed by atoms with Crippen molar-refractivity contribution in [3.63, 3.8) is 0 Å². The van der Waals surface area contributed by atoms with Crippen LogP contribution in [0.5, 0.6) is 0 Å². The summed E-state index contributed by atoms with van der Waals surface area (Å²) in [4.78, 5) is 12.4. The maximum atomic E-state index is 4.92. The first-order chi connectivity index (χ1) is 14.6. The van der Waals surface area contributed by atoms with E-state index >= 15 is 0 Å². The third-order valence-corrected chi connectivity index (χ3v) is 7.34. The third-order valence-electron chi connectivity index (χ3n) is 3.82. The molecule has 0 N–H and O–H groups in total. The van der Waals surface area contributed by atoms with Crippen molar-refractivity contribution < 1.29 is 27.3 Å². The van der Waals surface area contributed by atoms with Gasteiger partial charge in [0.2, 0.25) is 0 Å². The molecule has 0 saturated heterocycles. The quantitative estimate of drug-likeness (QED) is 0.142. The predicted molar refractivity (Wildman–Crippen MR) is 136 cm³/mol. The zero-order chi connectivity index (χ0) is 20.9. The van der Waals surface area contributed by atoms with Gasteiger partial charge in [0.15, 0.2) is 0 Å². The maximum Gasteiger partial charge on any atom is 2.00 e. The second kappa shape index (κ2) is 11.7. The summed E-state index contributed by atoms with van der Waals surface area (Å²) in [7, 11) is 0. The number of hydrogen-bond donors (Lipinski definition) is 0. The molecular formula is C21H12CdN3S6-. The van der Waals surface area contributed by atoms with Crippen LogP contribution >= 0.6 is 34.0 Å². The summed E-state index contributed by atoms with van der Waals surface area (Å²) in [6.07, 6.45) is 0. The molecule has 0 unspecified atom stereocenters. The van der Waals surface area contributed by atoms with E-state index in [0.29, 0.717) is 0 Å². The summed E-state index contributed by atoms with van der Waals surface area (Å²) in [6, 6.07) is 23.9. The average molecular weight is 611 g/mol. The van der Waals surface area contributed by atoms with Crippen molar-refractivity contribution in [1.82, 2.24) is 15.0 Å². The normalized spacial score (nSPS) is 10.1. The van der Waals surface area contributed by atoms with Gasteiger partial charge in [-0.1, -0.05) is 54.6 Å². The van der Waals surface area contributed by atoms with Gasteiger partial charge in [0.1, 0.15) is 0 Å². The van der Waals surface area contributed by atoms with Crippen molar-refractivity contribution in [2.75, 3.05) is 0 Å². The molecule has 6 rings (SSSR count). The van der Waals surface area contributed by atoms with E-state index in [1.54, 1.807) is 34.0 Å². The van der Waals surface area contributed by atoms with Crippen LogP contribution in [0.15, 0.2) is 85.8 Å². The van der Waals surface area contributed by atoms with E-state index in [9.17, 15) is 0 Å². The summed E-state index contributed by atoms with van der Waals surface area (Å²) in [5.74, 6) is 0. The van der Waals surface area contributed by atoms with Crippen LogP contribution in [0, 0.1) is 0 Å². The Labute approximate surface area is 228 Å². The SMILES string of the molecule is [Cd+2].[S-]c1nc2ccccc2s1.[S-]c1nc2ccccc2s1.[S-]c1nc2ccccc2s1. The van der Waals surface area contributed by atoms with Gasteiger partial charge in [0.05, 0.1) is 16.6 Å². The van der Waals surface area contributed by atoms with Crippen molar-refractivity contribution in [3.8, 4) is 0 Å². The van der Waals surface area contributed by atoms with Gasteiger partial charge in [-0.15, -0.1) is 0 Å². The van der Waals surface area contributed by atoms with E-state index in [0.717, 1.165) is 29.6 Å². The van der Waals surface area contributed by atoms with E-state index in [4.69, 9.17) is 37.9 Å². The van der Waals surface area contributed by atoms with Crippen LogP contribution in [-0.4, -0.2) is 15.0 Å². The number of para-hydroxylation sites is 3. The smallest absolute Gasteiger partial charge is 0.408 e. The third kappa shape index (κ3) is 6.70. The monoisotopic (exact) mass is 612 g/mol. The van der Waals surface area contributed by atoms with Crippen LogP contribution in [0.4, 0.5) is 0 Å². The number of thiazole rings is 3. The van der Waals surface area contributed by atoms with Crippen LogP contribution in [-0.2, 0) is 65.2 Å². The minimum atomic E-state index is 0. The van der Waals surface area contributed by atoms with Crippen molar-refractivity contribution in [1.29, 1.82) is 0 Å². The van der Waals surface area contributed by atoms with Gasteiger partial charge in [0, 0.05) is 0 Å². The van der Waals surface area contributed by atoms with Gasteiger partial charge in [0.25, 0.3) is 0 Å². The van der Waals surface area contributed by atoms with Crippen LogP contribution in [0.25, 0.3) is 30.6 Å². The van der Waals surface area contributed by atoms with Crippen molar-refractivity contribution >= 4 is 103 Å². The van der Waals surface area contributed by atoms with E-state index < -0.39 is 0 Å². The van der Waals surface area contributed by atoms with Gasteiger partial charge in [-0.2, -0.15) is 0 Å². The fraction of sp³-hybridized carbons (Fsp3) is 0. The Morgan fingerprint density at radius 1 is 0.452 bits per heavy atom. The Morgan fingerprint density at radius 3 is 0.968 bits per heavy atom. The minimum absolute atomic E-state index is 0. The number of nitrogens with zero attached hydrogens (tertiary/aromatic N) is 3. The first kappa shape index (κ1) is 24.6. The van der Waals surface area contributed by atoms with Gasteiger partial charge in [-0.05, 0) is 45.3 Å². The van der Waals surface area contributed by atoms with Crippen molar-refractivity contribution in [3.05, 3.63) is 72.8 Å². The molecule has 6 aromatic rings. The van der Waals surface area contributed by atoms with E-state index in [1.807, 2.05) is 72.8 Å². The van der Waals surface area contributed by atoms with Gasteiger partial charge in [-0.25, -0.2) is 0 Å². The zero-order valence-corrected chi connectivity index (χ0v) is 24.9. The molecule has 0 atom stereocenters. The molecule has 0 fully saturated rings. The first-order valence-corrected chi connectivity index (χ1v) is 12.3. The summed E-state index contributed by atoms with van der Waals surface area (Å²) in [5, 5.41) is 0. The van der Waals surface area contributed by atoms with Crippen molar-refractivity contribution in [2.24, 2.45) is 0 Å². The van der Waals surface area contributed by atoms with Crippen LogP contribution in [0.3, 0.4) is 0 Å². The van der Waals surface area contributed by atoms with E-state index in [1.165, 1.54) is 14.1 Å². The Bertz CT molecular complexity index is 1140. The standard InChI is InChI=1S/3C7H5NS2.Cd/c3*9-7-8-5-3-1-2-4-6(5)10-7;/h3*1-4H,(H,8,9);/q;;;+2/p-3. The second-order valence-electron chi connectivity index (χ2n) is 5.84. The van der Waals surface area contributed by atoms with Crippen LogP contribution < -0.4 is 0 Å². The largest absolute Gasteiger partial charge is 2.00 e. The molecule has 0 aliphatic carbocycles. The molecule has 0 spiro atoms. The molecule has 3 aromatic heterocycles. The molecule has 0 bridgehead atoms. The summed E-state index contributed by atoms with van der Waals surface area (Å²) in [6.45, 7) is 0. The van der Waals surface area contributed by atoms with Crippen LogP contribution in [0.2, 0.25) is 0 Å². The molecule has 0 saturated carbocycles. The molecule has 0 amide bonds. The Balaban J connectivity index is 0.000000130. The first-order valence-electron chi connectivity index (χ1n) is 8.66. The molecule has 10 heteroatoms. The minimum Gasteiger partial charge on any atom is -0.408 e. The Morgan fingerprint density at radius 2 is 0.710 bits per heavy atom. The summed E-state index contributed by atoms with van der Waals surface area (Å²) >= 11 is 19.4. The molecule has 31 heavy (non-hydrogen) atoms. The topological polar surface area (TPSA) is 38.7 Å². The van der Waals surface area contributed by atoms with E-state index in [2.05, 4.69) is 15.0 Å². The van der Waals surface area contributed by atoms with Gasteiger partial charge in [-0.3, -0.25) is 15.0 Å². The molecule has 0 aliphatic rings. The van der Waals surface area contributed by atoms with Gasteiger partial charge < -0.3 is 71.9 Å². The molecule has 0 aliphatic heterocycles. The second-order valence-corrected chi connectivity index (χ2v) is 10.9. The Hall–Kier alpha value is -1.09. The van der Waals surface area contributed by atoms with E-state index in [-0.39, 0.29) is 27.3 Å². The average Bonchev–Trinajstić information content (AvgIpc) is 3.41. The number of benzene rings is 3. The number of rotatable bonds is 0. The fourth-order valence-electron chi connectivity index (χ4n) is 2.55.